The van der Waals surface area contributed by atoms with Gasteiger partial charge in [0.05, 0.1) is 22.0 Å². The van der Waals surface area contributed by atoms with Gasteiger partial charge in [-0.3, -0.25) is 10.1 Å². The van der Waals surface area contributed by atoms with Gasteiger partial charge in [-0.15, -0.1) is 11.3 Å². The van der Waals surface area contributed by atoms with E-state index in [-0.39, 0.29) is 5.69 Å². The van der Waals surface area contributed by atoms with Crippen LogP contribution in [0.2, 0.25) is 5.02 Å². The molecule has 31 heavy (non-hydrogen) atoms. The molecule has 0 radical (unpaired) electrons. The first-order chi connectivity index (χ1) is 15.0. The van der Waals surface area contributed by atoms with E-state index in [4.69, 9.17) is 21.7 Å². The highest BCUT2D eigenvalue weighted by Gasteiger charge is 2.16. The summed E-state index contributed by atoms with van der Waals surface area (Å²) in [6.45, 7) is 1.92. The molecular formula is C23H17ClN4O2S. The van der Waals surface area contributed by atoms with Crippen LogP contribution in [0.3, 0.4) is 0 Å². The zero-order valence-corrected chi connectivity index (χ0v) is 18.0. The van der Waals surface area contributed by atoms with Crippen LogP contribution in [0, 0.1) is 10.1 Å². The van der Waals surface area contributed by atoms with Crippen LogP contribution in [-0.4, -0.2) is 15.6 Å². The minimum Gasteiger partial charge on any atom is -0.258 e. The van der Waals surface area contributed by atoms with Gasteiger partial charge >= 0.3 is 0 Å². The first kappa shape index (κ1) is 20.7. The largest absolute Gasteiger partial charge is 0.270 e. The third-order valence-electron chi connectivity index (χ3n) is 4.54. The van der Waals surface area contributed by atoms with Gasteiger partial charge in [0.1, 0.15) is 0 Å². The van der Waals surface area contributed by atoms with E-state index in [1.165, 1.54) is 23.5 Å². The molecule has 0 spiro atoms. The minimum absolute atomic E-state index is 0.0311. The number of thiazole rings is 1. The number of hydrogen-bond acceptors (Lipinski definition) is 6. The summed E-state index contributed by atoms with van der Waals surface area (Å²) in [6.07, 6.45) is 0. The SMILES string of the molecule is CC(=NN(c1ccccc1)c1nc(-c2cccc([N+](=O)[O-])c2)cs1)c1ccc(Cl)cc1. The number of aromatic nitrogens is 1. The van der Waals surface area contributed by atoms with Crippen molar-refractivity contribution in [3.8, 4) is 11.3 Å². The van der Waals surface area contributed by atoms with E-state index in [0.29, 0.717) is 21.4 Å². The maximum atomic E-state index is 11.1. The second-order valence-electron chi connectivity index (χ2n) is 6.66. The Hall–Kier alpha value is -3.55. The lowest BCUT2D eigenvalue weighted by Gasteiger charge is -2.17. The topological polar surface area (TPSA) is 71.6 Å². The highest BCUT2D eigenvalue weighted by atomic mass is 35.5. The number of nitrogens with zero attached hydrogens (tertiary/aromatic N) is 4. The van der Waals surface area contributed by atoms with E-state index in [0.717, 1.165) is 17.0 Å². The van der Waals surface area contributed by atoms with E-state index < -0.39 is 4.92 Å². The fourth-order valence-corrected chi connectivity index (χ4v) is 3.88. The number of rotatable bonds is 6. The van der Waals surface area contributed by atoms with Crippen molar-refractivity contribution < 1.29 is 4.92 Å². The molecule has 1 heterocycles. The molecular weight excluding hydrogens is 432 g/mol. The standard InChI is InChI=1S/C23H17ClN4O2S/c1-16(17-10-12-19(24)13-11-17)26-27(20-7-3-2-4-8-20)23-25-22(15-31-23)18-6-5-9-21(14-18)28(29)30/h2-15H,1H3. The number of halogens is 1. The zero-order valence-electron chi connectivity index (χ0n) is 16.5. The highest BCUT2D eigenvalue weighted by molar-refractivity contribution is 7.14. The summed E-state index contributed by atoms with van der Waals surface area (Å²) >= 11 is 7.42. The number of non-ortho nitro benzene ring substituents is 1. The molecule has 4 rings (SSSR count). The number of benzene rings is 3. The number of hydrazone groups is 1. The molecule has 3 aromatic carbocycles. The van der Waals surface area contributed by atoms with Gasteiger partial charge in [0, 0.05) is 28.1 Å². The van der Waals surface area contributed by atoms with Crippen molar-refractivity contribution in [2.75, 3.05) is 5.01 Å². The third-order valence-corrected chi connectivity index (χ3v) is 5.61. The van der Waals surface area contributed by atoms with Crippen molar-refractivity contribution in [1.29, 1.82) is 0 Å². The summed E-state index contributed by atoms with van der Waals surface area (Å²) in [5, 5.41) is 20.9. The monoisotopic (exact) mass is 448 g/mol. The Labute approximate surface area is 188 Å². The first-order valence-electron chi connectivity index (χ1n) is 9.38. The van der Waals surface area contributed by atoms with Crippen LogP contribution in [0.25, 0.3) is 11.3 Å². The van der Waals surface area contributed by atoms with Gasteiger partial charge in [0.25, 0.3) is 5.69 Å². The second-order valence-corrected chi connectivity index (χ2v) is 7.94. The lowest BCUT2D eigenvalue weighted by Crippen LogP contribution is -2.12. The molecule has 1 aromatic heterocycles. The smallest absolute Gasteiger partial charge is 0.258 e. The predicted molar refractivity (Wildman–Crippen MR) is 126 cm³/mol. The third kappa shape index (κ3) is 4.79. The number of hydrogen-bond donors (Lipinski definition) is 0. The average molecular weight is 449 g/mol. The predicted octanol–water partition coefficient (Wildman–Crippen LogP) is 6.93. The Kier molecular flexibility index (Phi) is 6.06. The van der Waals surface area contributed by atoms with Crippen LogP contribution in [0.1, 0.15) is 12.5 Å². The summed E-state index contributed by atoms with van der Waals surface area (Å²) in [5.41, 5.74) is 3.97. The van der Waals surface area contributed by atoms with Crippen LogP contribution >= 0.6 is 22.9 Å². The van der Waals surface area contributed by atoms with Gasteiger partial charge in [0.2, 0.25) is 5.13 Å². The molecule has 0 aliphatic heterocycles. The van der Waals surface area contributed by atoms with Crippen LogP contribution in [0.5, 0.6) is 0 Å². The van der Waals surface area contributed by atoms with Gasteiger partial charge in [-0.05, 0) is 36.8 Å². The van der Waals surface area contributed by atoms with Crippen LogP contribution in [-0.2, 0) is 0 Å². The van der Waals surface area contributed by atoms with Gasteiger partial charge in [-0.2, -0.15) is 5.10 Å². The zero-order chi connectivity index (χ0) is 21.8. The summed E-state index contributed by atoms with van der Waals surface area (Å²) in [7, 11) is 0. The van der Waals surface area contributed by atoms with Gasteiger partial charge in [-0.25, -0.2) is 9.99 Å². The first-order valence-corrected chi connectivity index (χ1v) is 10.6. The van der Waals surface area contributed by atoms with Crippen LogP contribution in [0.15, 0.2) is 89.3 Å². The summed E-state index contributed by atoms with van der Waals surface area (Å²) in [6, 6.07) is 23.6. The van der Waals surface area contributed by atoms with E-state index >= 15 is 0 Å². The van der Waals surface area contributed by atoms with Crippen molar-refractivity contribution in [2.45, 2.75) is 6.92 Å². The Balaban J connectivity index is 1.73. The van der Waals surface area contributed by atoms with Crippen molar-refractivity contribution in [1.82, 2.24) is 4.98 Å². The minimum atomic E-state index is -0.410. The molecule has 0 aliphatic rings. The quantitative estimate of drug-likeness (QED) is 0.182. The van der Waals surface area contributed by atoms with E-state index in [2.05, 4.69) is 0 Å². The van der Waals surface area contributed by atoms with E-state index in [9.17, 15) is 10.1 Å². The molecule has 0 amide bonds. The molecule has 0 bridgehead atoms. The molecule has 0 saturated carbocycles. The van der Waals surface area contributed by atoms with Crippen LogP contribution in [0.4, 0.5) is 16.5 Å². The summed E-state index contributed by atoms with van der Waals surface area (Å²) < 4.78 is 0. The molecule has 0 atom stereocenters. The molecule has 0 aliphatic carbocycles. The summed E-state index contributed by atoms with van der Waals surface area (Å²) in [4.78, 5) is 15.4. The summed E-state index contributed by atoms with van der Waals surface area (Å²) in [5.74, 6) is 0. The molecule has 0 unspecified atom stereocenters. The Morgan fingerprint density at radius 3 is 2.52 bits per heavy atom. The lowest BCUT2D eigenvalue weighted by molar-refractivity contribution is -0.384. The van der Waals surface area contributed by atoms with Crippen molar-refractivity contribution in [2.24, 2.45) is 5.10 Å². The number of nitro groups is 1. The van der Waals surface area contributed by atoms with Crippen molar-refractivity contribution in [3.63, 3.8) is 0 Å². The second kappa shape index (κ2) is 9.07. The van der Waals surface area contributed by atoms with E-state index in [1.54, 1.807) is 17.1 Å². The lowest BCUT2D eigenvalue weighted by atomic mass is 10.1. The molecule has 8 heteroatoms. The van der Waals surface area contributed by atoms with Gasteiger partial charge in [-0.1, -0.05) is 54.1 Å². The molecule has 4 aromatic rings. The fourth-order valence-electron chi connectivity index (χ4n) is 2.95. The molecule has 0 fully saturated rings. The highest BCUT2D eigenvalue weighted by Crippen LogP contribution is 2.33. The molecule has 6 nitrogen and oxygen atoms in total. The number of para-hydroxylation sites is 1. The maximum Gasteiger partial charge on any atom is 0.270 e. The fraction of sp³-hybridized carbons (Fsp3) is 0.0435. The Morgan fingerprint density at radius 2 is 1.81 bits per heavy atom. The number of nitro benzene ring substituents is 1. The molecule has 154 valence electrons. The van der Waals surface area contributed by atoms with Crippen molar-refractivity contribution in [3.05, 3.63) is 105 Å². The Morgan fingerprint density at radius 1 is 1.06 bits per heavy atom. The normalized spacial score (nSPS) is 11.4. The van der Waals surface area contributed by atoms with Gasteiger partial charge < -0.3 is 0 Å². The van der Waals surface area contributed by atoms with E-state index in [1.807, 2.05) is 66.9 Å². The average Bonchev–Trinajstić information content (AvgIpc) is 3.28. The van der Waals surface area contributed by atoms with Crippen molar-refractivity contribution >= 4 is 45.2 Å². The number of anilines is 2. The van der Waals surface area contributed by atoms with Gasteiger partial charge in [0.15, 0.2) is 0 Å². The molecule has 0 saturated heterocycles. The molecule has 0 N–H and O–H groups in total. The Bertz CT molecular complexity index is 1240. The van der Waals surface area contributed by atoms with Crippen LogP contribution < -0.4 is 5.01 Å². The maximum absolute atomic E-state index is 11.1.